The fourth-order valence-electron chi connectivity index (χ4n) is 2.60. The number of carbonyl (C=O) groups is 1. The third-order valence-corrected chi connectivity index (χ3v) is 5.90. The van der Waals surface area contributed by atoms with Crippen LogP contribution < -0.4 is 10.0 Å². The lowest BCUT2D eigenvalue weighted by molar-refractivity contribution is 0.102. The maximum atomic E-state index is 12.5. The number of hydrogen-bond donors (Lipinski definition) is 2. The van der Waals surface area contributed by atoms with E-state index in [0.717, 1.165) is 11.1 Å². The van der Waals surface area contributed by atoms with Crippen molar-refractivity contribution in [2.75, 3.05) is 10.0 Å². The molecule has 28 heavy (non-hydrogen) atoms. The van der Waals surface area contributed by atoms with Crippen molar-refractivity contribution in [3.8, 4) is 0 Å². The summed E-state index contributed by atoms with van der Waals surface area (Å²) in [7, 11) is -3.74. The molecule has 0 bridgehead atoms. The second kappa shape index (κ2) is 8.04. The lowest BCUT2D eigenvalue weighted by atomic mass is 10.1. The smallest absolute Gasteiger partial charge is 0.261 e. The van der Waals surface area contributed by atoms with Gasteiger partial charge in [-0.05, 0) is 55.8 Å². The molecule has 0 aliphatic rings. The van der Waals surface area contributed by atoms with Gasteiger partial charge in [-0.25, -0.2) is 8.42 Å². The molecule has 0 heterocycles. The van der Waals surface area contributed by atoms with E-state index in [1.807, 2.05) is 32.0 Å². The minimum Gasteiger partial charge on any atom is -0.322 e. The van der Waals surface area contributed by atoms with Crippen LogP contribution in [-0.4, -0.2) is 14.3 Å². The zero-order valence-electron chi connectivity index (χ0n) is 15.4. The first-order valence-electron chi connectivity index (χ1n) is 8.52. The van der Waals surface area contributed by atoms with Gasteiger partial charge in [-0.3, -0.25) is 9.52 Å². The number of rotatable bonds is 5. The molecule has 7 heteroatoms. The predicted octanol–water partition coefficient (Wildman–Crippen LogP) is 5.01. The first kappa shape index (κ1) is 19.9. The Labute approximate surface area is 169 Å². The number of nitrogens with one attached hydrogen (secondary N) is 2. The Morgan fingerprint density at radius 2 is 1.61 bits per heavy atom. The van der Waals surface area contributed by atoms with Crippen LogP contribution in [0, 0.1) is 13.8 Å². The van der Waals surface area contributed by atoms with Crippen LogP contribution in [0.5, 0.6) is 0 Å². The quantitative estimate of drug-likeness (QED) is 0.616. The molecule has 0 saturated heterocycles. The van der Waals surface area contributed by atoms with E-state index in [4.69, 9.17) is 11.6 Å². The molecule has 1 amide bonds. The predicted molar refractivity (Wildman–Crippen MR) is 113 cm³/mol. The van der Waals surface area contributed by atoms with Crippen LogP contribution in [0.4, 0.5) is 11.4 Å². The molecule has 144 valence electrons. The van der Waals surface area contributed by atoms with Crippen molar-refractivity contribution in [1.82, 2.24) is 0 Å². The molecule has 0 saturated carbocycles. The van der Waals surface area contributed by atoms with Crippen LogP contribution in [0.15, 0.2) is 71.6 Å². The van der Waals surface area contributed by atoms with E-state index in [1.165, 1.54) is 30.3 Å². The average Bonchev–Trinajstić information content (AvgIpc) is 2.63. The minimum absolute atomic E-state index is 0.148. The van der Waals surface area contributed by atoms with E-state index in [9.17, 15) is 13.2 Å². The average molecular weight is 415 g/mol. The molecule has 0 atom stereocenters. The lowest BCUT2D eigenvalue weighted by Crippen LogP contribution is -2.15. The normalized spacial score (nSPS) is 11.1. The van der Waals surface area contributed by atoms with Crippen LogP contribution >= 0.6 is 11.6 Å². The molecular weight excluding hydrogens is 396 g/mol. The van der Waals surface area contributed by atoms with Gasteiger partial charge in [0.2, 0.25) is 0 Å². The Bertz CT molecular complexity index is 1130. The van der Waals surface area contributed by atoms with Crippen molar-refractivity contribution in [2.45, 2.75) is 18.7 Å². The standard InChI is InChI=1S/C21H19ClN2O3S/c1-14-7-10-17(11-8-14)28(26,27)24-16-9-12-18(19(22)13-16)21(25)23-20-6-4-3-5-15(20)2/h3-13,24H,1-2H3,(H,23,25). The Morgan fingerprint density at radius 3 is 2.25 bits per heavy atom. The third-order valence-electron chi connectivity index (χ3n) is 4.19. The lowest BCUT2D eigenvalue weighted by Gasteiger charge is -2.12. The number of benzene rings is 3. The molecule has 3 aromatic carbocycles. The SMILES string of the molecule is Cc1ccc(S(=O)(=O)Nc2ccc(C(=O)Nc3ccccc3C)c(Cl)c2)cc1. The number of para-hydroxylation sites is 1. The molecule has 0 aromatic heterocycles. The van der Waals surface area contributed by atoms with Crippen LogP contribution in [0.25, 0.3) is 0 Å². The second-order valence-electron chi connectivity index (χ2n) is 6.38. The van der Waals surface area contributed by atoms with Crippen LogP contribution in [-0.2, 0) is 10.0 Å². The molecular formula is C21H19ClN2O3S. The molecule has 0 aliphatic carbocycles. The van der Waals surface area contributed by atoms with Gasteiger partial charge in [0, 0.05) is 5.69 Å². The second-order valence-corrected chi connectivity index (χ2v) is 8.47. The topological polar surface area (TPSA) is 75.3 Å². The van der Waals surface area contributed by atoms with Gasteiger partial charge in [-0.2, -0.15) is 0 Å². The van der Waals surface area contributed by atoms with Gasteiger partial charge in [-0.15, -0.1) is 0 Å². The van der Waals surface area contributed by atoms with Crippen molar-refractivity contribution >= 4 is 38.9 Å². The fraction of sp³-hybridized carbons (Fsp3) is 0.0952. The van der Waals surface area contributed by atoms with Crippen molar-refractivity contribution in [2.24, 2.45) is 0 Å². The summed E-state index contributed by atoms with van der Waals surface area (Å²) in [6, 6.07) is 18.3. The van der Waals surface area contributed by atoms with E-state index in [2.05, 4.69) is 10.0 Å². The Balaban J connectivity index is 1.79. The number of anilines is 2. The summed E-state index contributed by atoms with van der Waals surface area (Å²) in [5.74, 6) is -0.368. The van der Waals surface area contributed by atoms with Crippen molar-refractivity contribution < 1.29 is 13.2 Å². The van der Waals surface area contributed by atoms with E-state index >= 15 is 0 Å². The Kier molecular flexibility index (Phi) is 5.72. The highest BCUT2D eigenvalue weighted by atomic mass is 35.5. The summed E-state index contributed by atoms with van der Waals surface area (Å²) in [6.07, 6.45) is 0. The van der Waals surface area contributed by atoms with Gasteiger partial charge in [0.05, 0.1) is 21.2 Å². The van der Waals surface area contributed by atoms with E-state index < -0.39 is 10.0 Å². The molecule has 0 aliphatic heterocycles. The highest BCUT2D eigenvalue weighted by Crippen LogP contribution is 2.25. The summed E-state index contributed by atoms with van der Waals surface area (Å²) in [4.78, 5) is 12.7. The van der Waals surface area contributed by atoms with Gasteiger partial charge in [0.25, 0.3) is 15.9 Å². The molecule has 2 N–H and O–H groups in total. The molecule has 5 nitrogen and oxygen atoms in total. The first-order valence-corrected chi connectivity index (χ1v) is 10.4. The molecule has 3 aromatic rings. The number of carbonyl (C=O) groups excluding carboxylic acids is 1. The summed E-state index contributed by atoms with van der Waals surface area (Å²) in [5, 5.41) is 2.95. The van der Waals surface area contributed by atoms with Crippen LogP contribution in [0.1, 0.15) is 21.5 Å². The van der Waals surface area contributed by atoms with Crippen LogP contribution in [0.3, 0.4) is 0 Å². The van der Waals surface area contributed by atoms with Gasteiger partial charge in [0.1, 0.15) is 0 Å². The molecule has 3 rings (SSSR count). The Hall–Kier alpha value is -2.83. The van der Waals surface area contributed by atoms with E-state index in [1.54, 1.807) is 18.2 Å². The summed E-state index contributed by atoms with van der Waals surface area (Å²) in [5.41, 5.74) is 3.11. The van der Waals surface area contributed by atoms with Gasteiger partial charge < -0.3 is 5.32 Å². The zero-order valence-corrected chi connectivity index (χ0v) is 16.9. The maximum absolute atomic E-state index is 12.5. The molecule has 0 unspecified atom stereocenters. The third kappa shape index (κ3) is 4.52. The van der Waals surface area contributed by atoms with Crippen molar-refractivity contribution in [3.05, 3.63) is 88.4 Å². The summed E-state index contributed by atoms with van der Waals surface area (Å²) >= 11 is 6.23. The molecule has 0 fully saturated rings. The van der Waals surface area contributed by atoms with Gasteiger partial charge in [-0.1, -0.05) is 47.5 Å². The number of aryl methyl sites for hydroxylation is 2. The molecule has 0 radical (unpaired) electrons. The van der Waals surface area contributed by atoms with Gasteiger partial charge in [0.15, 0.2) is 0 Å². The monoisotopic (exact) mass is 414 g/mol. The van der Waals surface area contributed by atoms with Gasteiger partial charge >= 0.3 is 0 Å². The first-order chi connectivity index (χ1) is 13.3. The number of sulfonamides is 1. The largest absolute Gasteiger partial charge is 0.322 e. The summed E-state index contributed by atoms with van der Waals surface area (Å²) in [6.45, 7) is 3.77. The van der Waals surface area contributed by atoms with Crippen molar-refractivity contribution in [3.63, 3.8) is 0 Å². The molecule has 0 spiro atoms. The van der Waals surface area contributed by atoms with Crippen LogP contribution in [0.2, 0.25) is 5.02 Å². The van der Waals surface area contributed by atoms with E-state index in [0.29, 0.717) is 5.69 Å². The number of amides is 1. The minimum atomic E-state index is -3.74. The zero-order chi connectivity index (χ0) is 20.3. The summed E-state index contributed by atoms with van der Waals surface area (Å²) < 4.78 is 27.5. The number of halogens is 1. The highest BCUT2D eigenvalue weighted by Gasteiger charge is 2.16. The number of hydrogen-bond acceptors (Lipinski definition) is 3. The highest BCUT2D eigenvalue weighted by molar-refractivity contribution is 7.92. The van der Waals surface area contributed by atoms with Crippen molar-refractivity contribution in [1.29, 1.82) is 0 Å². The fourth-order valence-corrected chi connectivity index (χ4v) is 3.91. The Morgan fingerprint density at radius 1 is 0.929 bits per heavy atom. The maximum Gasteiger partial charge on any atom is 0.261 e. The van der Waals surface area contributed by atoms with E-state index in [-0.39, 0.29) is 27.1 Å².